The molecule has 0 heterocycles. The van der Waals surface area contributed by atoms with Gasteiger partial charge >= 0.3 is 5.97 Å². The SMILES string of the molecule is CCCCCCCCCCCCCCCC(=O)OC1CC(C)C2CC12C(C)C. The van der Waals surface area contributed by atoms with E-state index in [0.717, 1.165) is 24.7 Å². The smallest absolute Gasteiger partial charge is 0.306 e. The van der Waals surface area contributed by atoms with E-state index in [1.165, 1.54) is 83.5 Å². The van der Waals surface area contributed by atoms with Crippen LogP contribution in [0.5, 0.6) is 0 Å². The zero-order chi connectivity index (χ0) is 20.4. The number of hydrogen-bond acceptors (Lipinski definition) is 2. The molecule has 0 N–H and O–H groups in total. The van der Waals surface area contributed by atoms with E-state index >= 15 is 0 Å². The third kappa shape index (κ3) is 6.77. The number of rotatable bonds is 16. The first-order valence-corrected chi connectivity index (χ1v) is 12.7. The molecular formula is C26H48O2. The molecule has 0 bridgehead atoms. The monoisotopic (exact) mass is 392 g/mol. The van der Waals surface area contributed by atoms with Crippen LogP contribution in [0.25, 0.3) is 0 Å². The number of unbranched alkanes of at least 4 members (excludes halogenated alkanes) is 12. The summed E-state index contributed by atoms with van der Waals surface area (Å²) in [5.74, 6) is 2.24. The summed E-state index contributed by atoms with van der Waals surface area (Å²) in [5.41, 5.74) is 0.324. The van der Waals surface area contributed by atoms with Gasteiger partial charge < -0.3 is 4.74 Å². The number of carbonyl (C=O) groups excluding carboxylic acids is 1. The van der Waals surface area contributed by atoms with Crippen molar-refractivity contribution in [1.82, 2.24) is 0 Å². The third-order valence-corrected chi connectivity index (χ3v) is 7.81. The van der Waals surface area contributed by atoms with E-state index in [-0.39, 0.29) is 12.1 Å². The van der Waals surface area contributed by atoms with Crippen molar-refractivity contribution in [3.63, 3.8) is 0 Å². The molecule has 2 aliphatic rings. The Kier molecular flexibility index (Phi) is 10.4. The van der Waals surface area contributed by atoms with Gasteiger partial charge in [0.1, 0.15) is 6.10 Å². The fraction of sp³-hybridized carbons (Fsp3) is 0.962. The van der Waals surface area contributed by atoms with Gasteiger partial charge in [-0.1, -0.05) is 105 Å². The number of ether oxygens (including phenoxy) is 1. The Morgan fingerprint density at radius 3 is 1.86 bits per heavy atom. The van der Waals surface area contributed by atoms with Crippen molar-refractivity contribution in [3.8, 4) is 0 Å². The van der Waals surface area contributed by atoms with Crippen molar-refractivity contribution >= 4 is 5.97 Å². The van der Waals surface area contributed by atoms with Gasteiger partial charge in [0.2, 0.25) is 0 Å². The zero-order valence-electron chi connectivity index (χ0n) is 19.4. The average Bonchev–Trinajstić information content (AvgIpc) is 3.36. The summed E-state index contributed by atoms with van der Waals surface area (Å²) in [5, 5.41) is 0. The fourth-order valence-corrected chi connectivity index (χ4v) is 5.84. The van der Waals surface area contributed by atoms with E-state index in [2.05, 4.69) is 27.7 Å². The topological polar surface area (TPSA) is 26.3 Å². The van der Waals surface area contributed by atoms with Crippen LogP contribution in [0.3, 0.4) is 0 Å². The van der Waals surface area contributed by atoms with Gasteiger partial charge in [-0.25, -0.2) is 0 Å². The largest absolute Gasteiger partial charge is 0.462 e. The van der Waals surface area contributed by atoms with Crippen molar-refractivity contribution in [3.05, 3.63) is 0 Å². The molecule has 0 aromatic heterocycles. The van der Waals surface area contributed by atoms with Crippen molar-refractivity contribution < 1.29 is 9.53 Å². The first kappa shape index (κ1) is 23.7. The highest BCUT2D eigenvalue weighted by atomic mass is 16.5. The molecule has 0 amide bonds. The molecule has 28 heavy (non-hydrogen) atoms. The molecule has 164 valence electrons. The number of carbonyl (C=O) groups is 1. The minimum atomic E-state index is 0.0628. The standard InChI is InChI=1S/C26H48O2/c1-5-6-7-8-9-10-11-12-13-14-15-16-17-18-25(27)28-24-19-22(4)23-20-26(23,24)21(2)3/h21-24H,5-20H2,1-4H3. The molecule has 0 spiro atoms. The minimum absolute atomic E-state index is 0.0628. The van der Waals surface area contributed by atoms with Crippen LogP contribution in [0.15, 0.2) is 0 Å². The second kappa shape index (κ2) is 12.2. The maximum atomic E-state index is 12.3. The lowest BCUT2D eigenvalue weighted by atomic mass is 9.87. The summed E-state index contributed by atoms with van der Waals surface area (Å²) >= 11 is 0. The summed E-state index contributed by atoms with van der Waals surface area (Å²) in [6.45, 7) is 9.24. The lowest BCUT2D eigenvalue weighted by Gasteiger charge is -2.27. The van der Waals surface area contributed by atoms with Crippen molar-refractivity contribution in [2.45, 2.75) is 137 Å². The molecule has 0 radical (unpaired) electrons. The third-order valence-electron chi connectivity index (χ3n) is 7.81. The van der Waals surface area contributed by atoms with Crippen LogP contribution in [0.4, 0.5) is 0 Å². The molecule has 4 unspecified atom stereocenters. The second-order valence-corrected chi connectivity index (χ2v) is 10.3. The quantitative estimate of drug-likeness (QED) is 0.196. The lowest BCUT2D eigenvalue weighted by molar-refractivity contribution is -0.153. The van der Waals surface area contributed by atoms with Gasteiger partial charge in [0.15, 0.2) is 0 Å². The average molecular weight is 393 g/mol. The molecule has 4 atom stereocenters. The molecule has 0 aromatic rings. The Bertz CT molecular complexity index is 444. The Morgan fingerprint density at radius 2 is 1.39 bits per heavy atom. The second-order valence-electron chi connectivity index (χ2n) is 10.3. The molecule has 0 aliphatic heterocycles. The normalized spacial score (nSPS) is 28.5. The van der Waals surface area contributed by atoms with E-state index < -0.39 is 0 Å². The summed E-state index contributed by atoms with van der Waals surface area (Å²) in [7, 11) is 0. The van der Waals surface area contributed by atoms with Gasteiger partial charge in [-0.05, 0) is 37.0 Å². The molecule has 0 saturated heterocycles. The van der Waals surface area contributed by atoms with E-state index in [4.69, 9.17) is 4.74 Å². The van der Waals surface area contributed by atoms with E-state index in [9.17, 15) is 4.79 Å². The number of fused-ring (bicyclic) bond motifs is 1. The van der Waals surface area contributed by atoms with E-state index in [1.54, 1.807) is 0 Å². The van der Waals surface area contributed by atoms with Gasteiger partial charge in [-0.2, -0.15) is 0 Å². The lowest BCUT2D eigenvalue weighted by Crippen LogP contribution is -2.30. The number of esters is 1. The van der Waals surface area contributed by atoms with Gasteiger partial charge in [0, 0.05) is 11.8 Å². The molecule has 2 fully saturated rings. The molecular weight excluding hydrogens is 344 g/mol. The van der Waals surface area contributed by atoms with Crippen LogP contribution in [-0.4, -0.2) is 12.1 Å². The molecule has 0 aromatic carbocycles. The Morgan fingerprint density at radius 1 is 0.893 bits per heavy atom. The van der Waals surface area contributed by atoms with Gasteiger partial charge in [0.25, 0.3) is 0 Å². The predicted molar refractivity (Wildman–Crippen MR) is 119 cm³/mol. The summed E-state index contributed by atoms with van der Waals surface area (Å²) in [6, 6.07) is 0. The van der Waals surface area contributed by atoms with Gasteiger partial charge in [-0.3, -0.25) is 4.79 Å². The van der Waals surface area contributed by atoms with Crippen molar-refractivity contribution in [2.24, 2.45) is 23.2 Å². The fourth-order valence-electron chi connectivity index (χ4n) is 5.84. The Balaban J connectivity index is 1.42. The molecule has 2 saturated carbocycles. The van der Waals surface area contributed by atoms with Crippen molar-refractivity contribution in [1.29, 1.82) is 0 Å². The minimum Gasteiger partial charge on any atom is -0.462 e. The molecule has 2 aliphatic carbocycles. The van der Waals surface area contributed by atoms with Crippen LogP contribution in [0.1, 0.15) is 130 Å². The van der Waals surface area contributed by atoms with Crippen molar-refractivity contribution in [2.75, 3.05) is 0 Å². The molecule has 2 heteroatoms. The Hall–Kier alpha value is -0.530. The van der Waals surface area contributed by atoms with E-state index in [1.807, 2.05) is 0 Å². The first-order valence-electron chi connectivity index (χ1n) is 12.7. The van der Waals surface area contributed by atoms with Crippen LogP contribution >= 0.6 is 0 Å². The van der Waals surface area contributed by atoms with Gasteiger partial charge in [-0.15, -0.1) is 0 Å². The highest BCUT2D eigenvalue weighted by Crippen LogP contribution is 2.70. The first-order chi connectivity index (χ1) is 13.5. The zero-order valence-corrected chi connectivity index (χ0v) is 19.4. The maximum absolute atomic E-state index is 12.3. The van der Waals surface area contributed by atoms with Gasteiger partial charge in [0.05, 0.1) is 0 Å². The predicted octanol–water partition coefficient (Wildman–Crippen LogP) is 8.08. The summed E-state index contributed by atoms with van der Waals surface area (Å²) in [4.78, 5) is 12.3. The maximum Gasteiger partial charge on any atom is 0.306 e. The highest BCUT2D eigenvalue weighted by molar-refractivity contribution is 5.69. The van der Waals surface area contributed by atoms with Crippen LogP contribution in [0.2, 0.25) is 0 Å². The summed E-state index contributed by atoms with van der Waals surface area (Å²) in [6.07, 6.45) is 20.7. The van der Waals surface area contributed by atoms with Crippen LogP contribution in [0, 0.1) is 23.2 Å². The highest BCUT2D eigenvalue weighted by Gasteiger charge is 2.68. The molecule has 2 rings (SSSR count). The molecule has 2 nitrogen and oxygen atoms in total. The van der Waals surface area contributed by atoms with E-state index in [0.29, 0.717) is 17.8 Å². The van der Waals surface area contributed by atoms with Crippen LogP contribution < -0.4 is 0 Å². The number of hydrogen-bond donors (Lipinski definition) is 0. The Labute approximate surface area is 175 Å². The summed E-state index contributed by atoms with van der Waals surface area (Å²) < 4.78 is 5.97. The van der Waals surface area contributed by atoms with Crippen LogP contribution in [-0.2, 0) is 9.53 Å².